The number of hydrogen-bond acceptors (Lipinski definition) is 6. The molecule has 0 fully saturated rings. The Morgan fingerprint density at radius 3 is 2.50 bits per heavy atom. The molecule has 0 heterocycles. The van der Waals surface area contributed by atoms with Gasteiger partial charge in [-0.25, -0.2) is 13.2 Å². The van der Waals surface area contributed by atoms with Crippen LogP contribution in [0.1, 0.15) is 10.4 Å². The van der Waals surface area contributed by atoms with E-state index in [0.29, 0.717) is 0 Å². The highest BCUT2D eigenvalue weighted by molar-refractivity contribution is 7.89. The van der Waals surface area contributed by atoms with Crippen LogP contribution in [-0.4, -0.2) is 45.2 Å². The molecule has 0 bridgehead atoms. The third kappa shape index (κ3) is 3.53. The normalized spacial score (nSPS) is 12.7. The van der Waals surface area contributed by atoms with Gasteiger partial charge in [-0.2, -0.15) is 4.72 Å². The van der Waals surface area contributed by atoms with E-state index in [2.05, 4.69) is 4.74 Å². The van der Waals surface area contributed by atoms with Gasteiger partial charge in [-0.3, -0.25) is 4.79 Å². The summed E-state index contributed by atoms with van der Waals surface area (Å²) in [4.78, 5) is 22.0. The van der Waals surface area contributed by atoms with E-state index < -0.39 is 34.5 Å². The second-order valence-corrected chi connectivity index (χ2v) is 5.42. The van der Waals surface area contributed by atoms with Crippen molar-refractivity contribution in [2.75, 3.05) is 13.7 Å². The van der Waals surface area contributed by atoms with Crippen LogP contribution in [0.3, 0.4) is 0 Å². The number of rotatable bonds is 6. The Morgan fingerprint density at radius 1 is 1.40 bits per heavy atom. The Balaban J connectivity index is 3.23. The molecule has 1 aromatic rings. The number of carboxylic acids is 1. The molecule has 1 rings (SSSR count). The molecule has 20 heavy (non-hydrogen) atoms. The third-order valence-electron chi connectivity index (χ3n) is 2.41. The molecule has 0 aliphatic heterocycles. The lowest BCUT2D eigenvalue weighted by Crippen LogP contribution is -2.45. The fourth-order valence-electron chi connectivity index (χ4n) is 1.43. The van der Waals surface area contributed by atoms with E-state index in [1.54, 1.807) is 0 Å². The maximum atomic E-state index is 12.1. The number of carboxylic acid groups (broad SMARTS) is 1. The number of nitrogens with one attached hydrogen (secondary N) is 1. The summed E-state index contributed by atoms with van der Waals surface area (Å²) in [6.07, 6.45) is 0. The summed E-state index contributed by atoms with van der Waals surface area (Å²) in [6, 6.07) is 3.82. The number of sulfonamides is 1. The van der Waals surface area contributed by atoms with Crippen LogP contribution in [0.15, 0.2) is 29.2 Å². The highest BCUT2D eigenvalue weighted by Gasteiger charge is 2.27. The minimum atomic E-state index is -4.21. The van der Waals surface area contributed by atoms with Gasteiger partial charge in [0.15, 0.2) is 0 Å². The van der Waals surface area contributed by atoms with Crippen molar-refractivity contribution in [2.24, 2.45) is 5.73 Å². The molecule has 0 aliphatic carbocycles. The number of nitrogens with two attached hydrogens (primary N) is 1. The average molecular weight is 302 g/mol. The summed E-state index contributed by atoms with van der Waals surface area (Å²) < 4.78 is 30.6. The molecule has 110 valence electrons. The van der Waals surface area contributed by atoms with Gasteiger partial charge in [-0.15, -0.1) is 0 Å². The second-order valence-electron chi connectivity index (χ2n) is 3.74. The van der Waals surface area contributed by atoms with Gasteiger partial charge in [-0.05, 0) is 12.1 Å². The van der Waals surface area contributed by atoms with Crippen LogP contribution in [0, 0.1) is 0 Å². The molecule has 0 aliphatic rings. The lowest BCUT2D eigenvalue weighted by molar-refractivity contribution is -0.138. The monoisotopic (exact) mass is 302 g/mol. The molecule has 1 aromatic carbocycles. The Hall–Kier alpha value is -1.97. The topological polar surface area (TPSA) is 136 Å². The first kappa shape index (κ1) is 16.1. The maximum Gasteiger partial charge on any atom is 0.339 e. The Morgan fingerprint density at radius 2 is 2.00 bits per heavy atom. The van der Waals surface area contributed by atoms with Gasteiger partial charge in [0.05, 0.1) is 17.6 Å². The van der Waals surface area contributed by atoms with Crippen molar-refractivity contribution in [1.29, 1.82) is 0 Å². The van der Waals surface area contributed by atoms with Crippen molar-refractivity contribution in [2.45, 2.75) is 10.9 Å². The molecule has 0 saturated carbocycles. The van der Waals surface area contributed by atoms with Crippen LogP contribution in [0.2, 0.25) is 0 Å². The standard InChI is InChI=1S/C11H14N2O6S/c1-19-11(16)7-4-2-3-5-9(7)20(17,18)13-8(6-12)10(14)15/h2-5,8,13H,6,12H2,1H3,(H,14,15). The Labute approximate surface area is 115 Å². The first-order valence-corrected chi connectivity index (χ1v) is 6.94. The van der Waals surface area contributed by atoms with E-state index in [-0.39, 0.29) is 10.5 Å². The third-order valence-corrected chi connectivity index (χ3v) is 3.94. The van der Waals surface area contributed by atoms with Gasteiger partial charge in [0.25, 0.3) is 0 Å². The molecule has 1 atom stereocenters. The fourth-order valence-corrected chi connectivity index (χ4v) is 2.83. The lowest BCUT2D eigenvalue weighted by atomic mass is 10.2. The van der Waals surface area contributed by atoms with Crippen LogP contribution >= 0.6 is 0 Å². The van der Waals surface area contributed by atoms with Crippen molar-refractivity contribution < 1.29 is 27.9 Å². The van der Waals surface area contributed by atoms with Gasteiger partial charge < -0.3 is 15.6 Å². The molecule has 1 unspecified atom stereocenters. The highest BCUT2D eigenvalue weighted by atomic mass is 32.2. The van der Waals surface area contributed by atoms with Gasteiger partial charge in [0.2, 0.25) is 10.0 Å². The number of esters is 1. The van der Waals surface area contributed by atoms with Crippen molar-refractivity contribution >= 4 is 22.0 Å². The van der Waals surface area contributed by atoms with E-state index in [9.17, 15) is 18.0 Å². The minimum absolute atomic E-state index is 0.191. The number of hydrogen-bond donors (Lipinski definition) is 3. The summed E-state index contributed by atoms with van der Waals surface area (Å²) in [7, 11) is -3.10. The van der Waals surface area contributed by atoms with E-state index >= 15 is 0 Å². The zero-order valence-corrected chi connectivity index (χ0v) is 11.4. The predicted molar refractivity (Wildman–Crippen MR) is 68.6 cm³/mol. The first-order chi connectivity index (χ1) is 9.33. The zero-order chi connectivity index (χ0) is 15.3. The number of aliphatic carboxylic acids is 1. The minimum Gasteiger partial charge on any atom is -0.480 e. The van der Waals surface area contributed by atoms with E-state index in [1.165, 1.54) is 24.3 Å². The molecule has 0 spiro atoms. The largest absolute Gasteiger partial charge is 0.480 e. The fraction of sp³-hybridized carbons (Fsp3) is 0.273. The first-order valence-electron chi connectivity index (χ1n) is 5.46. The van der Waals surface area contributed by atoms with E-state index in [0.717, 1.165) is 7.11 Å². The van der Waals surface area contributed by atoms with Crippen molar-refractivity contribution in [1.82, 2.24) is 4.72 Å². The van der Waals surface area contributed by atoms with Gasteiger partial charge in [-0.1, -0.05) is 12.1 Å². The van der Waals surface area contributed by atoms with Crippen molar-refractivity contribution in [3.05, 3.63) is 29.8 Å². The number of benzene rings is 1. The Kier molecular flexibility index (Phi) is 5.19. The van der Waals surface area contributed by atoms with E-state index in [4.69, 9.17) is 10.8 Å². The molecular formula is C11H14N2O6S. The zero-order valence-electron chi connectivity index (χ0n) is 10.6. The molecule has 8 nitrogen and oxygen atoms in total. The smallest absolute Gasteiger partial charge is 0.339 e. The number of methoxy groups -OCH3 is 1. The molecule has 0 aromatic heterocycles. The molecular weight excluding hydrogens is 288 g/mol. The van der Waals surface area contributed by atoms with Crippen LogP contribution in [0.25, 0.3) is 0 Å². The van der Waals surface area contributed by atoms with Crippen molar-refractivity contribution in [3.63, 3.8) is 0 Å². The van der Waals surface area contributed by atoms with Gasteiger partial charge >= 0.3 is 11.9 Å². The van der Waals surface area contributed by atoms with Crippen LogP contribution < -0.4 is 10.5 Å². The summed E-state index contributed by atoms with van der Waals surface area (Å²) in [5.74, 6) is -2.25. The van der Waals surface area contributed by atoms with Gasteiger partial charge in [0, 0.05) is 6.54 Å². The van der Waals surface area contributed by atoms with Crippen LogP contribution in [0.5, 0.6) is 0 Å². The van der Waals surface area contributed by atoms with Gasteiger partial charge in [0.1, 0.15) is 6.04 Å². The summed E-state index contributed by atoms with van der Waals surface area (Å²) in [5.41, 5.74) is 4.99. The number of carbonyl (C=O) groups is 2. The lowest BCUT2D eigenvalue weighted by Gasteiger charge is -2.14. The number of carbonyl (C=O) groups excluding carboxylic acids is 1. The van der Waals surface area contributed by atoms with Crippen molar-refractivity contribution in [3.8, 4) is 0 Å². The predicted octanol–water partition coefficient (Wildman–Crippen LogP) is -0.837. The Bertz CT molecular complexity index is 613. The molecule has 0 amide bonds. The van der Waals surface area contributed by atoms with Crippen LogP contribution in [0.4, 0.5) is 0 Å². The quantitative estimate of drug-likeness (QED) is 0.583. The maximum absolute atomic E-state index is 12.1. The van der Waals surface area contributed by atoms with Crippen LogP contribution in [-0.2, 0) is 19.6 Å². The number of ether oxygens (including phenoxy) is 1. The molecule has 0 radical (unpaired) electrons. The summed E-state index contributed by atoms with van der Waals surface area (Å²) in [5, 5.41) is 8.81. The molecule has 0 saturated heterocycles. The highest BCUT2D eigenvalue weighted by Crippen LogP contribution is 2.16. The molecule has 4 N–H and O–H groups in total. The summed E-state index contributed by atoms with van der Waals surface area (Å²) in [6.45, 7) is -0.422. The van der Waals surface area contributed by atoms with E-state index in [1.807, 2.05) is 4.72 Å². The SMILES string of the molecule is COC(=O)c1ccccc1S(=O)(=O)NC(CN)C(=O)O. The summed E-state index contributed by atoms with van der Waals surface area (Å²) >= 11 is 0. The second kappa shape index (κ2) is 6.46. The average Bonchev–Trinajstić information content (AvgIpc) is 2.43. The molecule has 9 heteroatoms.